The van der Waals surface area contributed by atoms with Gasteiger partial charge in [0.15, 0.2) is 0 Å². The molecule has 0 radical (unpaired) electrons. The Morgan fingerprint density at radius 2 is 1.94 bits per heavy atom. The van der Waals surface area contributed by atoms with Crippen LogP contribution in [0.15, 0.2) is 30.3 Å². The zero-order chi connectivity index (χ0) is 12.1. The normalized spacial score (nSPS) is 14.1. The van der Waals surface area contributed by atoms with E-state index in [1.807, 2.05) is 30.3 Å². The molecule has 4 heteroatoms. The molecule has 0 bridgehead atoms. The molecule has 1 aromatic carbocycles. The minimum absolute atomic E-state index is 0.0179. The first kappa shape index (κ1) is 12.4. The van der Waals surface area contributed by atoms with Crippen molar-refractivity contribution in [3.63, 3.8) is 0 Å². The molecule has 0 saturated carbocycles. The molecule has 0 fully saturated rings. The third-order valence-electron chi connectivity index (χ3n) is 2.82. The minimum atomic E-state index is -0.364. The number of ketones is 1. The van der Waals surface area contributed by atoms with Gasteiger partial charge >= 0.3 is 0 Å². The van der Waals surface area contributed by atoms with Gasteiger partial charge in [-0.3, -0.25) is 14.9 Å². The maximum absolute atomic E-state index is 11.3. The molecule has 0 aliphatic heterocycles. The van der Waals surface area contributed by atoms with Crippen LogP contribution in [0.4, 0.5) is 0 Å². The Labute approximate surface area is 94.4 Å². The average Bonchev–Trinajstić information content (AvgIpc) is 2.26. The summed E-state index contributed by atoms with van der Waals surface area (Å²) in [4.78, 5) is 21.6. The molecule has 2 atom stereocenters. The Bertz CT molecular complexity index is 375. The Balaban J connectivity index is 2.96. The number of benzene rings is 1. The average molecular weight is 221 g/mol. The van der Waals surface area contributed by atoms with Crippen LogP contribution in [-0.2, 0) is 4.79 Å². The zero-order valence-electron chi connectivity index (χ0n) is 9.42. The van der Waals surface area contributed by atoms with Gasteiger partial charge in [0.2, 0.25) is 6.54 Å². The summed E-state index contributed by atoms with van der Waals surface area (Å²) in [6.07, 6.45) is 0. The molecular weight excluding hydrogens is 206 g/mol. The lowest BCUT2D eigenvalue weighted by molar-refractivity contribution is -0.484. The van der Waals surface area contributed by atoms with Gasteiger partial charge in [-0.05, 0) is 12.5 Å². The SMILES string of the molecule is CC(=O)[C@H](C)[C@@H](C[N+](=O)[O-])c1ccccc1. The van der Waals surface area contributed by atoms with E-state index < -0.39 is 0 Å². The number of carbonyl (C=O) groups is 1. The highest BCUT2D eigenvalue weighted by molar-refractivity contribution is 5.79. The predicted octanol–water partition coefficient (Wildman–Crippen LogP) is 2.27. The van der Waals surface area contributed by atoms with Gasteiger partial charge in [0.25, 0.3) is 0 Å². The highest BCUT2D eigenvalue weighted by Gasteiger charge is 2.27. The smallest absolute Gasteiger partial charge is 0.211 e. The second kappa shape index (κ2) is 5.39. The summed E-state index contributed by atoms with van der Waals surface area (Å²) in [7, 11) is 0. The fourth-order valence-corrected chi connectivity index (χ4v) is 1.70. The summed E-state index contributed by atoms with van der Waals surface area (Å²) in [5.74, 6) is -0.683. The zero-order valence-corrected chi connectivity index (χ0v) is 9.42. The van der Waals surface area contributed by atoms with Crippen molar-refractivity contribution in [1.29, 1.82) is 0 Å². The molecule has 0 amide bonds. The number of carbonyl (C=O) groups excluding carboxylic acids is 1. The lowest BCUT2D eigenvalue weighted by atomic mass is 9.85. The van der Waals surface area contributed by atoms with Crippen LogP contribution in [0.1, 0.15) is 25.3 Å². The standard InChI is InChI=1S/C12H15NO3/c1-9(10(2)14)12(8-13(15)16)11-6-4-3-5-7-11/h3-7,9,12H,8H2,1-2H3/t9-,12+/m0/s1. The lowest BCUT2D eigenvalue weighted by Crippen LogP contribution is -2.24. The lowest BCUT2D eigenvalue weighted by Gasteiger charge is -2.18. The van der Waals surface area contributed by atoms with E-state index in [0.717, 1.165) is 5.56 Å². The van der Waals surface area contributed by atoms with E-state index in [0.29, 0.717) is 0 Å². The molecule has 86 valence electrons. The van der Waals surface area contributed by atoms with E-state index in [9.17, 15) is 14.9 Å². The molecule has 0 aromatic heterocycles. The topological polar surface area (TPSA) is 60.2 Å². The molecular formula is C12H15NO3. The Morgan fingerprint density at radius 3 is 2.38 bits per heavy atom. The minimum Gasteiger partial charge on any atom is -0.300 e. The number of hydrogen-bond donors (Lipinski definition) is 0. The van der Waals surface area contributed by atoms with Crippen molar-refractivity contribution >= 4 is 5.78 Å². The molecule has 0 aliphatic rings. The highest BCUT2D eigenvalue weighted by atomic mass is 16.6. The molecule has 0 N–H and O–H groups in total. The van der Waals surface area contributed by atoms with Gasteiger partial charge in [-0.15, -0.1) is 0 Å². The van der Waals surface area contributed by atoms with E-state index in [2.05, 4.69) is 0 Å². The quantitative estimate of drug-likeness (QED) is 0.566. The van der Waals surface area contributed by atoms with E-state index in [4.69, 9.17) is 0 Å². The molecule has 4 nitrogen and oxygen atoms in total. The van der Waals surface area contributed by atoms with Crippen molar-refractivity contribution in [3.05, 3.63) is 46.0 Å². The van der Waals surface area contributed by atoms with E-state index in [1.165, 1.54) is 6.92 Å². The van der Waals surface area contributed by atoms with Gasteiger partial charge in [-0.2, -0.15) is 0 Å². The van der Waals surface area contributed by atoms with Crippen molar-refractivity contribution in [1.82, 2.24) is 0 Å². The van der Waals surface area contributed by atoms with Crippen molar-refractivity contribution in [2.24, 2.45) is 5.92 Å². The van der Waals surface area contributed by atoms with E-state index >= 15 is 0 Å². The van der Waals surface area contributed by atoms with Gasteiger partial charge in [0.1, 0.15) is 5.78 Å². The fraction of sp³-hybridized carbons (Fsp3) is 0.417. The van der Waals surface area contributed by atoms with Gasteiger partial charge in [-0.25, -0.2) is 0 Å². The van der Waals surface area contributed by atoms with Gasteiger partial charge in [0.05, 0.1) is 5.92 Å². The third kappa shape index (κ3) is 3.15. The van der Waals surface area contributed by atoms with E-state index in [1.54, 1.807) is 6.92 Å². The maximum atomic E-state index is 11.3. The largest absolute Gasteiger partial charge is 0.300 e. The van der Waals surface area contributed by atoms with Crippen LogP contribution in [0.25, 0.3) is 0 Å². The number of Topliss-reactive ketones (excluding diaryl/α,β-unsaturated/α-hetero) is 1. The number of nitro groups is 1. The summed E-state index contributed by atoms with van der Waals surface area (Å²) in [5.41, 5.74) is 0.849. The summed E-state index contributed by atoms with van der Waals surface area (Å²) >= 11 is 0. The molecule has 0 heterocycles. The van der Waals surface area contributed by atoms with Crippen LogP contribution in [0.3, 0.4) is 0 Å². The van der Waals surface area contributed by atoms with Crippen molar-refractivity contribution < 1.29 is 9.72 Å². The third-order valence-corrected chi connectivity index (χ3v) is 2.82. The second-order valence-corrected chi connectivity index (χ2v) is 3.93. The Hall–Kier alpha value is -1.71. The Morgan fingerprint density at radius 1 is 1.38 bits per heavy atom. The van der Waals surface area contributed by atoms with Crippen LogP contribution in [0, 0.1) is 16.0 Å². The summed E-state index contributed by atoms with van der Waals surface area (Å²) in [6.45, 7) is 3.01. The number of nitrogens with zero attached hydrogens (tertiary/aromatic N) is 1. The second-order valence-electron chi connectivity index (χ2n) is 3.93. The molecule has 0 unspecified atom stereocenters. The summed E-state index contributed by atoms with van der Waals surface area (Å²) < 4.78 is 0. The Kier molecular flexibility index (Phi) is 4.17. The van der Waals surface area contributed by atoms with Crippen LogP contribution in [0.5, 0.6) is 0 Å². The van der Waals surface area contributed by atoms with E-state index in [-0.39, 0.29) is 29.1 Å². The van der Waals surface area contributed by atoms with Crippen molar-refractivity contribution in [2.45, 2.75) is 19.8 Å². The van der Waals surface area contributed by atoms with Crippen molar-refractivity contribution in [3.8, 4) is 0 Å². The summed E-state index contributed by atoms with van der Waals surface area (Å²) in [6, 6.07) is 9.16. The monoisotopic (exact) mass is 221 g/mol. The molecule has 0 spiro atoms. The van der Waals surface area contributed by atoms with Gasteiger partial charge in [-0.1, -0.05) is 37.3 Å². The van der Waals surface area contributed by atoms with Gasteiger partial charge < -0.3 is 0 Å². The molecule has 16 heavy (non-hydrogen) atoms. The molecule has 0 saturated heterocycles. The molecule has 1 aromatic rings. The van der Waals surface area contributed by atoms with Crippen LogP contribution < -0.4 is 0 Å². The first-order valence-corrected chi connectivity index (χ1v) is 5.19. The van der Waals surface area contributed by atoms with Crippen LogP contribution >= 0.6 is 0 Å². The number of rotatable bonds is 5. The molecule has 0 aliphatic carbocycles. The molecule has 1 rings (SSSR count). The predicted molar refractivity (Wildman–Crippen MR) is 60.9 cm³/mol. The fourth-order valence-electron chi connectivity index (χ4n) is 1.70. The van der Waals surface area contributed by atoms with Gasteiger partial charge in [0, 0.05) is 10.8 Å². The maximum Gasteiger partial charge on any atom is 0.211 e. The summed E-state index contributed by atoms with van der Waals surface area (Å²) in [5, 5.41) is 10.6. The first-order chi connectivity index (χ1) is 7.52. The number of hydrogen-bond acceptors (Lipinski definition) is 3. The van der Waals surface area contributed by atoms with Crippen LogP contribution in [0.2, 0.25) is 0 Å². The first-order valence-electron chi connectivity index (χ1n) is 5.19. The van der Waals surface area contributed by atoms with Crippen molar-refractivity contribution in [2.75, 3.05) is 6.54 Å². The highest BCUT2D eigenvalue weighted by Crippen LogP contribution is 2.25. The van der Waals surface area contributed by atoms with Crippen LogP contribution in [-0.4, -0.2) is 17.3 Å².